The van der Waals surface area contributed by atoms with Crippen LogP contribution >= 0.6 is 0 Å². The summed E-state index contributed by atoms with van der Waals surface area (Å²) >= 11 is 0. The van der Waals surface area contributed by atoms with Gasteiger partial charge in [-0.3, -0.25) is 4.79 Å². The summed E-state index contributed by atoms with van der Waals surface area (Å²) in [5, 5.41) is 2.68. The predicted molar refractivity (Wildman–Crippen MR) is 106 cm³/mol. The molecule has 2 amide bonds. The van der Waals surface area contributed by atoms with Crippen LogP contribution in [-0.4, -0.2) is 77.2 Å². The number of carbonyl (C=O) groups is 2. The highest BCUT2D eigenvalue weighted by Crippen LogP contribution is 2.30. The third-order valence-corrected chi connectivity index (χ3v) is 5.98. The number of imidazole rings is 1. The van der Waals surface area contributed by atoms with E-state index in [9.17, 15) is 9.59 Å². The molecule has 0 aliphatic carbocycles. The molecule has 2 saturated heterocycles. The van der Waals surface area contributed by atoms with Crippen LogP contribution in [0.5, 0.6) is 0 Å². The smallest absolute Gasteiger partial charge is 0.409 e. The second kappa shape index (κ2) is 9.91. The van der Waals surface area contributed by atoms with Crippen molar-refractivity contribution in [3.05, 3.63) is 18.2 Å². The second-order valence-corrected chi connectivity index (χ2v) is 7.67. The summed E-state index contributed by atoms with van der Waals surface area (Å²) in [6.45, 7) is 6.27. The number of nitrogens with zero attached hydrogens (tertiary/aromatic N) is 4. The van der Waals surface area contributed by atoms with Crippen LogP contribution in [-0.2, 0) is 16.1 Å². The van der Waals surface area contributed by atoms with Gasteiger partial charge in [0.2, 0.25) is 5.91 Å². The van der Waals surface area contributed by atoms with Gasteiger partial charge in [-0.1, -0.05) is 0 Å². The van der Waals surface area contributed by atoms with Crippen LogP contribution in [0.4, 0.5) is 4.79 Å². The molecule has 1 unspecified atom stereocenters. The van der Waals surface area contributed by atoms with Crippen molar-refractivity contribution in [2.24, 2.45) is 0 Å². The molecule has 0 bridgehead atoms. The molecule has 1 N–H and O–H groups in total. The summed E-state index contributed by atoms with van der Waals surface area (Å²) in [6, 6.07) is 0.533. The minimum Gasteiger partial charge on any atom is -0.450 e. The largest absolute Gasteiger partial charge is 0.450 e. The number of carbonyl (C=O) groups excluding carboxylic acids is 2. The van der Waals surface area contributed by atoms with Crippen LogP contribution in [0.25, 0.3) is 0 Å². The van der Waals surface area contributed by atoms with Crippen molar-refractivity contribution < 1.29 is 14.3 Å². The summed E-state index contributed by atoms with van der Waals surface area (Å²) in [6.07, 6.45) is 8.79. The number of rotatable bonds is 5. The monoisotopic (exact) mass is 391 g/mol. The first-order chi connectivity index (χ1) is 13.6. The van der Waals surface area contributed by atoms with Crippen molar-refractivity contribution in [2.45, 2.75) is 57.5 Å². The van der Waals surface area contributed by atoms with Gasteiger partial charge in [-0.25, -0.2) is 9.78 Å². The molecule has 156 valence electrons. The van der Waals surface area contributed by atoms with E-state index in [1.807, 2.05) is 22.6 Å². The van der Waals surface area contributed by atoms with Crippen LogP contribution in [0.15, 0.2) is 12.4 Å². The van der Waals surface area contributed by atoms with Crippen LogP contribution in [0.2, 0.25) is 0 Å². The average Bonchev–Trinajstić information content (AvgIpc) is 3.02. The Balaban J connectivity index is 1.51. The van der Waals surface area contributed by atoms with Crippen molar-refractivity contribution in [1.29, 1.82) is 0 Å². The Bertz CT molecular complexity index is 654. The molecule has 3 rings (SSSR count). The number of hydrogen-bond acceptors (Lipinski definition) is 5. The highest BCUT2D eigenvalue weighted by molar-refractivity contribution is 5.75. The maximum absolute atomic E-state index is 12.0. The van der Waals surface area contributed by atoms with Crippen molar-refractivity contribution in [3.8, 4) is 0 Å². The van der Waals surface area contributed by atoms with Crippen LogP contribution in [0, 0.1) is 0 Å². The first-order valence-electron chi connectivity index (χ1n) is 10.5. The lowest BCUT2D eigenvalue weighted by atomic mass is 9.93. The van der Waals surface area contributed by atoms with E-state index in [4.69, 9.17) is 4.74 Å². The molecule has 2 aliphatic rings. The van der Waals surface area contributed by atoms with Gasteiger partial charge in [-0.05, 0) is 52.1 Å². The van der Waals surface area contributed by atoms with Crippen LogP contribution in [0.1, 0.15) is 50.8 Å². The molecule has 0 radical (unpaired) electrons. The molecule has 1 atom stereocenters. The fourth-order valence-corrected chi connectivity index (χ4v) is 4.41. The first kappa shape index (κ1) is 20.6. The van der Waals surface area contributed by atoms with E-state index in [1.165, 1.54) is 0 Å². The van der Waals surface area contributed by atoms with Gasteiger partial charge >= 0.3 is 6.09 Å². The minimum atomic E-state index is -0.176. The summed E-state index contributed by atoms with van der Waals surface area (Å²) in [5.74, 6) is 1.43. The Kier molecular flexibility index (Phi) is 7.30. The molecule has 28 heavy (non-hydrogen) atoms. The number of ether oxygens (including phenoxy) is 1. The standard InChI is InChI=1S/C20H33N5O3/c1-3-28-20(27)24-10-4-5-17(8-13-24)23-11-6-16(7-12-23)19-22-9-14-25(19)15-18(26)21-2/h9,14,16-17H,3-8,10-13,15H2,1-2H3,(H,21,26). The van der Waals surface area contributed by atoms with Crippen LogP contribution in [0.3, 0.4) is 0 Å². The summed E-state index contributed by atoms with van der Waals surface area (Å²) in [5.41, 5.74) is 0. The van der Waals surface area contributed by atoms with Crippen LogP contribution < -0.4 is 5.32 Å². The number of nitrogens with one attached hydrogen (secondary N) is 1. The number of hydrogen-bond donors (Lipinski definition) is 1. The average molecular weight is 392 g/mol. The molecule has 2 aliphatic heterocycles. The van der Waals surface area contributed by atoms with Gasteiger partial charge in [0.15, 0.2) is 0 Å². The Morgan fingerprint density at radius 2 is 1.96 bits per heavy atom. The van der Waals surface area contributed by atoms with Gasteiger partial charge in [0.05, 0.1) is 6.61 Å². The zero-order chi connectivity index (χ0) is 19.9. The van der Waals surface area contributed by atoms with Gasteiger partial charge < -0.3 is 24.4 Å². The summed E-state index contributed by atoms with van der Waals surface area (Å²) in [4.78, 5) is 32.7. The highest BCUT2D eigenvalue weighted by Gasteiger charge is 2.30. The lowest BCUT2D eigenvalue weighted by molar-refractivity contribution is -0.121. The number of amides is 2. The molecule has 8 heteroatoms. The number of aromatic nitrogens is 2. The number of likely N-dealkylation sites (N-methyl/N-ethyl adjacent to an activating group) is 1. The quantitative estimate of drug-likeness (QED) is 0.828. The van der Waals surface area contributed by atoms with Gasteiger partial charge in [0.25, 0.3) is 0 Å². The van der Waals surface area contributed by atoms with Crippen molar-refractivity contribution in [1.82, 2.24) is 24.7 Å². The Morgan fingerprint density at radius 3 is 2.68 bits per heavy atom. The van der Waals surface area contributed by atoms with E-state index >= 15 is 0 Å². The van der Waals surface area contributed by atoms with E-state index in [0.29, 0.717) is 25.1 Å². The highest BCUT2D eigenvalue weighted by atomic mass is 16.6. The normalized spacial score (nSPS) is 21.9. The molecular formula is C20H33N5O3. The molecule has 0 saturated carbocycles. The zero-order valence-electron chi connectivity index (χ0n) is 17.1. The van der Waals surface area contributed by atoms with Crippen molar-refractivity contribution in [2.75, 3.05) is 39.8 Å². The zero-order valence-corrected chi connectivity index (χ0v) is 17.1. The molecule has 0 aromatic carbocycles. The van der Waals surface area contributed by atoms with Gasteiger partial charge in [0, 0.05) is 44.5 Å². The molecule has 1 aromatic rings. The fourth-order valence-electron chi connectivity index (χ4n) is 4.41. The Labute approximate surface area is 167 Å². The number of likely N-dealkylation sites (tertiary alicyclic amines) is 2. The molecule has 3 heterocycles. The summed E-state index contributed by atoms with van der Waals surface area (Å²) < 4.78 is 7.13. The maximum Gasteiger partial charge on any atom is 0.409 e. The molecule has 0 spiro atoms. The van der Waals surface area contributed by atoms with Crippen molar-refractivity contribution in [3.63, 3.8) is 0 Å². The third-order valence-electron chi connectivity index (χ3n) is 5.98. The first-order valence-corrected chi connectivity index (χ1v) is 10.5. The minimum absolute atomic E-state index is 0.00120. The second-order valence-electron chi connectivity index (χ2n) is 7.67. The van der Waals surface area contributed by atoms with E-state index in [2.05, 4.69) is 15.2 Å². The summed E-state index contributed by atoms with van der Waals surface area (Å²) in [7, 11) is 1.66. The van der Waals surface area contributed by atoms with Gasteiger partial charge in [0.1, 0.15) is 12.4 Å². The van der Waals surface area contributed by atoms with E-state index in [0.717, 1.165) is 64.1 Å². The Hall–Kier alpha value is -2.09. The van der Waals surface area contributed by atoms with E-state index < -0.39 is 0 Å². The molecule has 8 nitrogen and oxygen atoms in total. The third kappa shape index (κ3) is 5.04. The lowest BCUT2D eigenvalue weighted by Gasteiger charge is -2.37. The van der Waals surface area contributed by atoms with Gasteiger partial charge in [-0.15, -0.1) is 0 Å². The lowest BCUT2D eigenvalue weighted by Crippen LogP contribution is -2.42. The predicted octanol–water partition coefficient (Wildman–Crippen LogP) is 1.82. The SMILES string of the molecule is CCOC(=O)N1CCCC(N2CCC(c3nccn3CC(=O)NC)CC2)CC1. The molecular weight excluding hydrogens is 358 g/mol. The fraction of sp³-hybridized carbons (Fsp3) is 0.750. The maximum atomic E-state index is 12.0. The van der Waals surface area contributed by atoms with Crippen molar-refractivity contribution >= 4 is 12.0 Å². The van der Waals surface area contributed by atoms with E-state index in [-0.39, 0.29) is 12.0 Å². The van der Waals surface area contributed by atoms with E-state index in [1.54, 1.807) is 13.2 Å². The topological polar surface area (TPSA) is 79.7 Å². The van der Waals surface area contributed by atoms with Gasteiger partial charge in [-0.2, -0.15) is 0 Å². The molecule has 2 fully saturated rings. The number of piperidine rings is 1. The Morgan fingerprint density at radius 1 is 1.18 bits per heavy atom. The molecule has 1 aromatic heterocycles.